The summed E-state index contributed by atoms with van der Waals surface area (Å²) < 4.78 is 1.92. The van der Waals surface area contributed by atoms with Gasteiger partial charge in [-0.1, -0.05) is 0 Å². The standard InChI is InChI=1S/C16H22N6O3/c1-3-22-13(8-23)20-21-15(22)10-4-12(5-10)19-14(24)6-11-7-17-9(2)18-16(11)25/h7,10,12,23H,3-6,8H2,1-2H3,(H,19,24)(H,17,18,25). The Morgan fingerprint density at radius 1 is 1.44 bits per heavy atom. The van der Waals surface area contributed by atoms with Crippen LogP contribution in [-0.2, 0) is 24.4 Å². The first-order valence-corrected chi connectivity index (χ1v) is 8.38. The van der Waals surface area contributed by atoms with Crippen LogP contribution < -0.4 is 10.9 Å². The number of carbonyl (C=O) groups is 1. The zero-order valence-electron chi connectivity index (χ0n) is 14.3. The van der Waals surface area contributed by atoms with Crippen LogP contribution in [-0.4, -0.2) is 41.8 Å². The van der Waals surface area contributed by atoms with Crippen molar-refractivity contribution >= 4 is 5.91 Å². The number of H-pyrrole nitrogens is 1. The molecule has 0 aliphatic heterocycles. The van der Waals surface area contributed by atoms with Gasteiger partial charge in [0, 0.05) is 30.3 Å². The van der Waals surface area contributed by atoms with Crippen molar-refractivity contribution < 1.29 is 9.90 Å². The predicted octanol–water partition coefficient (Wildman–Crippen LogP) is -0.213. The highest BCUT2D eigenvalue weighted by molar-refractivity contribution is 5.78. The van der Waals surface area contributed by atoms with Crippen LogP contribution in [0.4, 0.5) is 0 Å². The summed E-state index contributed by atoms with van der Waals surface area (Å²) in [6, 6.07) is 0.0644. The van der Waals surface area contributed by atoms with Gasteiger partial charge in [0.1, 0.15) is 18.3 Å². The highest BCUT2D eigenvalue weighted by Crippen LogP contribution is 2.36. The van der Waals surface area contributed by atoms with Crippen LogP contribution >= 0.6 is 0 Å². The fraction of sp³-hybridized carbons (Fsp3) is 0.562. The largest absolute Gasteiger partial charge is 0.388 e. The molecule has 0 unspecified atom stereocenters. The number of nitrogens with zero attached hydrogens (tertiary/aromatic N) is 4. The Kier molecular flexibility index (Phi) is 4.93. The van der Waals surface area contributed by atoms with Gasteiger partial charge in [-0.3, -0.25) is 9.59 Å². The topological polar surface area (TPSA) is 126 Å². The van der Waals surface area contributed by atoms with Gasteiger partial charge < -0.3 is 20.0 Å². The molecule has 2 heterocycles. The molecule has 3 rings (SSSR count). The molecule has 0 radical (unpaired) electrons. The van der Waals surface area contributed by atoms with Gasteiger partial charge in [0.15, 0.2) is 5.82 Å². The van der Waals surface area contributed by atoms with E-state index in [4.69, 9.17) is 0 Å². The first-order chi connectivity index (χ1) is 12.0. The number of hydrogen-bond donors (Lipinski definition) is 3. The van der Waals surface area contributed by atoms with Crippen LogP contribution in [0.2, 0.25) is 0 Å². The lowest BCUT2D eigenvalue weighted by Crippen LogP contribution is -2.45. The third-order valence-electron chi connectivity index (χ3n) is 4.53. The molecule has 2 aromatic heterocycles. The Morgan fingerprint density at radius 2 is 2.20 bits per heavy atom. The van der Waals surface area contributed by atoms with Gasteiger partial charge in [0.25, 0.3) is 5.56 Å². The second-order valence-electron chi connectivity index (χ2n) is 6.31. The predicted molar refractivity (Wildman–Crippen MR) is 88.8 cm³/mol. The maximum atomic E-state index is 12.1. The van der Waals surface area contributed by atoms with Crippen LogP contribution in [0.15, 0.2) is 11.0 Å². The lowest BCUT2D eigenvalue weighted by atomic mass is 9.79. The van der Waals surface area contributed by atoms with Crippen LogP contribution in [0.1, 0.15) is 48.7 Å². The van der Waals surface area contributed by atoms with Gasteiger partial charge in [-0.2, -0.15) is 0 Å². The smallest absolute Gasteiger partial charge is 0.254 e. The Balaban J connectivity index is 1.54. The molecule has 1 aliphatic rings. The van der Waals surface area contributed by atoms with Crippen molar-refractivity contribution in [3.05, 3.63) is 39.6 Å². The molecule has 1 fully saturated rings. The highest BCUT2D eigenvalue weighted by Gasteiger charge is 2.35. The number of aryl methyl sites for hydroxylation is 1. The summed E-state index contributed by atoms with van der Waals surface area (Å²) in [5, 5.41) is 20.4. The molecule has 134 valence electrons. The van der Waals surface area contributed by atoms with Gasteiger partial charge >= 0.3 is 0 Å². The van der Waals surface area contributed by atoms with Crippen LogP contribution in [0, 0.1) is 6.92 Å². The van der Waals surface area contributed by atoms with Gasteiger partial charge in [-0.05, 0) is 26.7 Å². The van der Waals surface area contributed by atoms with Gasteiger partial charge in [0.05, 0.1) is 6.42 Å². The Labute approximate surface area is 144 Å². The minimum absolute atomic E-state index is 0.0174. The first-order valence-electron chi connectivity index (χ1n) is 8.38. The zero-order chi connectivity index (χ0) is 18.0. The van der Waals surface area contributed by atoms with E-state index < -0.39 is 0 Å². The number of aromatic amines is 1. The van der Waals surface area contributed by atoms with E-state index in [-0.39, 0.29) is 36.5 Å². The Bertz CT molecular complexity index is 822. The lowest BCUT2D eigenvalue weighted by Gasteiger charge is -2.35. The fourth-order valence-corrected chi connectivity index (χ4v) is 3.15. The maximum absolute atomic E-state index is 12.1. The van der Waals surface area contributed by atoms with E-state index in [1.54, 1.807) is 6.92 Å². The summed E-state index contributed by atoms with van der Waals surface area (Å²) in [7, 11) is 0. The van der Waals surface area contributed by atoms with Crippen molar-refractivity contribution in [3.63, 3.8) is 0 Å². The molecular weight excluding hydrogens is 324 g/mol. The first kappa shape index (κ1) is 17.3. The second-order valence-corrected chi connectivity index (χ2v) is 6.31. The minimum Gasteiger partial charge on any atom is -0.388 e. The van der Waals surface area contributed by atoms with Gasteiger partial charge in [-0.25, -0.2) is 4.98 Å². The molecule has 3 N–H and O–H groups in total. The van der Waals surface area contributed by atoms with Crippen molar-refractivity contribution in [3.8, 4) is 0 Å². The molecular formula is C16H22N6O3. The van der Waals surface area contributed by atoms with E-state index in [2.05, 4.69) is 25.5 Å². The number of carbonyl (C=O) groups excluding carboxylic acids is 1. The molecule has 0 bridgehead atoms. The summed E-state index contributed by atoms with van der Waals surface area (Å²) in [5.74, 6) is 1.99. The number of hydrogen-bond acceptors (Lipinski definition) is 6. The summed E-state index contributed by atoms with van der Waals surface area (Å²) in [4.78, 5) is 30.5. The van der Waals surface area contributed by atoms with E-state index >= 15 is 0 Å². The SMILES string of the molecule is CCn1c(CO)nnc1C1CC(NC(=O)Cc2cnc(C)[nH]c2=O)C1. The minimum atomic E-state index is -0.276. The number of rotatable bonds is 6. The molecule has 0 aromatic carbocycles. The quantitative estimate of drug-likeness (QED) is 0.664. The van der Waals surface area contributed by atoms with E-state index in [1.807, 2.05) is 11.5 Å². The fourth-order valence-electron chi connectivity index (χ4n) is 3.15. The third kappa shape index (κ3) is 3.60. The average Bonchev–Trinajstić information content (AvgIpc) is 2.95. The molecule has 25 heavy (non-hydrogen) atoms. The summed E-state index contributed by atoms with van der Waals surface area (Å²) in [6.45, 7) is 4.25. The summed E-state index contributed by atoms with van der Waals surface area (Å²) in [6.07, 6.45) is 3.01. The van der Waals surface area contributed by atoms with Crippen molar-refractivity contribution in [1.29, 1.82) is 0 Å². The number of amides is 1. The molecule has 9 heteroatoms. The normalized spacial score (nSPS) is 19.5. The molecule has 1 amide bonds. The Hall–Kier alpha value is -2.55. The van der Waals surface area contributed by atoms with E-state index in [9.17, 15) is 14.7 Å². The lowest BCUT2D eigenvalue weighted by molar-refractivity contribution is -0.121. The molecule has 0 spiro atoms. The van der Waals surface area contributed by atoms with E-state index in [0.29, 0.717) is 23.8 Å². The molecule has 2 aromatic rings. The second kappa shape index (κ2) is 7.14. The third-order valence-corrected chi connectivity index (χ3v) is 4.53. The highest BCUT2D eigenvalue weighted by atomic mass is 16.3. The summed E-state index contributed by atoms with van der Waals surface area (Å²) >= 11 is 0. The van der Waals surface area contributed by atoms with Crippen LogP contribution in [0.3, 0.4) is 0 Å². The molecule has 9 nitrogen and oxygen atoms in total. The van der Waals surface area contributed by atoms with E-state index in [0.717, 1.165) is 18.7 Å². The molecule has 0 atom stereocenters. The Morgan fingerprint density at radius 3 is 2.84 bits per heavy atom. The number of aliphatic hydroxyl groups is 1. The number of aliphatic hydroxyl groups excluding tert-OH is 1. The van der Waals surface area contributed by atoms with E-state index in [1.165, 1.54) is 6.20 Å². The average molecular weight is 346 g/mol. The van der Waals surface area contributed by atoms with Crippen molar-refractivity contribution in [2.45, 2.75) is 58.2 Å². The van der Waals surface area contributed by atoms with Crippen LogP contribution in [0.25, 0.3) is 0 Å². The van der Waals surface area contributed by atoms with Crippen LogP contribution in [0.5, 0.6) is 0 Å². The molecule has 0 saturated heterocycles. The maximum Gasteiger partial charge on any atom is 0.254 e. The molecule has 1 saturated carbocycles. The number of aromatic nitrogens is 5. The molecule has 1 aliphatic carbocycles. The zero-order valence-corrected chi connectivity index (χ0v) is 14.3. The van der Waals surface area contributed by atoms with Gasteiger partial charge in [-0.15, -0.1) is 10.2 Å². The van der Waals surface area contributed by atoms with Crippen molar-refractivity contribution in [1.82, 2.24) is 30.0 Å². The number of nitrogens with one attached hydrogen (secondary N) is 2. The summed E-state index contributed by atoms with van der Waals surface area (Å²) in [5.41, 5.74) is 0.0824. The monoisotopic (exact) mass is 346 g/mol. The van der Waals surface area contributed by atoms with Crippen molar-refractivity contribution in [2.75, 3.05) is 0 Å². The van der Waals surface area contributed by atoms with Gasteiger partial charge in [0.2, 0.25) is 5.91 Å². The van der Waals surface area contributed by atoms with Crippen molar-refractivity contribution in [2.24, 2.45) is 0 Å².